The maximum absolute atomic E-state index is 13.2. The summed E-state index contributed by atoms with van der Waals surface area (Å²) in [6.45, 7) is -3.31. The predicted octanol–water partition coefficient (Wildman–Crippen LogP) is 2.63. The zero-order valence-electron chi connectivity index (χ0n) is 7.31. The number of hydrogen-bond acceptors (Lipinski definition) is 2. The molecule has 6 heteroatoms. The summed E-state index contributed by atoms with van der Waals surface area (Å²) < 4.78 is 53.3. The molecular formula is C9H5F4NO. The highest BCUT2D eigenvalue weighted by molar-refractivity contribution is 5.34. The SMILES string of the molecule is N#CCc1ccc(F)c(OC(F)F)c1F. The average molecular weight is 219 g/mol. The zero-order valence-corrected chi connectivity index (χ0v) is 7.31. The molecule has 0 fully saturated rings. The monoisotopic (exact) mass is 219 g/mol. The summed E-state index contributed by atoms with van der Waals surface area (Å²) in [5, 5.41) is 8.29. The van der Waals surface area contributed by atoms with Crippen LogP contribution in [0.3, 0.4) is 0 Å². The van der Waals surface area contributed by atoms with Crippen LogP contribution >= 0.6 is 0 Å². The van der Waals surface area contributed by atoms with Gasteiger partial charge in [0.05, 0.1) is 12.5 Å². The Morgan fingerprint density at radius 2 is 2.00 bits per heavy atom. The van der Waals surface area contributed by atoms with E-state index in [-0.39, 0.29) is 12.0 Å². The van der Waals surface area contributed by atoms with Crippen molar-refractivity contribution in [3.63, 3.8) is 0 Å². The van der Waals surface area contributed by atoms with E-state index in [1.54, 1.807) is 6.07 Å². The number of hydrogen-bond donors (Lipinski definition) is 0. The van der Waals surface area contributed by atoms with Crippen LogP contribution in [0.25, 0.3) is 0 Å². The first-order chi connectivity index (χ1) is 7.06. The number of alkyl halides is 2. The van der Waals surface area contributed by atoms with E-state index in [4.69, 9.17) is 5.26 Å². The summed E-state index contributed by atoms with van der Waals surface area (Å²) in [6, 6.07) is 3.40. The molecule has 0 N–H and O–H groups in total. The van der Waals surface area contributed by atoms with Gasteiger partial charge in [-0.3, -0.25) is 0 Å². The van der Waals surface area contributed by atoms with Crippen LogP contribution in [0.4, 0.5) is 17.6 Å². The maximum Gasteiger partial charge on any atom is 0.387 e. The molecule has 1 aromatic rings. The molecule has 0 radical (unpaired) electrons. The van der Waals surface area contributed by atoms with Crippen molar-refractivity contribution in [3.05, 3.63) is 29.3 Å². The van der Waals surface area contributed by atoms with E-state index in [0.29, 0.717) is 0 Å². The molecule has 0 heterocycles. The second kappa shape index (κ2) is 4.64. The van der Waals surface area contributed by atoms with Crippen LogP contribution in [-0.2, 0) is 6.42 Å². The Balaban J connectivity index is 3.13. The molecule has 0 aliphatic rings. The number of rotatable bonds is 3. The second-order valence-electron chi connectivity index (χ2n) is 2.56. The molecule has 1 rings (SSSR count). The van der Waals surface area contributed by atoms with Gasteiger partial charge in [0.15, 0.2) is 17.4 Å². The number of benzene rings is 1. The van der Waals surface area contributed by atoms with Gasteiger partial charge < -0.3 is 4.74 Å². The minimum atomic E-state index is -3.31. The molecule has 0 aromatic heterocycles. The van der Waals surface area contributed by atoms with Gasteiger partial charge in [-0.2, -0.15) is 14.0 Å². The third kappa shape index (κ3) is 2.59. The number of nitriles is 1. The van der Waals surface area contributed by atoms with E-state index in [2.05, 4.69) is 4.74 Å². The fraction of sp³-hybridized carbons (Fsp3) is 0.222. The standard InChI is InChI=1S/C9H5F4NO/c10-6-2-1-5(3-4-14)7(11)8(6)15-9(12)13/h1-2,9H,3H2. The van der Waals surface area contributed by atoms with Crippen LogP contribution in [0.2, 0.25) is 0 Å². The summed E-state index contributed by atoms with van der Waals surface area (Å²) in [6.07, 6.45) is -0.342. The van der Waals surface area contributed by atoms with Gasteiger partial charge in [-0.1, -0.05) is 6.07 Å². The highest BCUT2D eigenvalue weighted by Gasteiger charge is 2.18. The van der Waals surface area contributed by atoms with Crippen molar-refractivity contribution in [2.24, 2.45) is 0 Å². The smallest absolute Gasteiger partial charge is 0.387 e. The lowest BCUT2D eigenvalue weighted by Gasteiger charge is -2.08. The van der Waals surface area contributed by atoms with Crippen molar-refractivity contribution < 1.29 is 22.3 Å². The molecular weight excluding hydrogens is 214 g/mol. The first-order valence-corrected chi connectivity index (χ1v) is 3.85. The molecule has 0 amide bonds. The Bertz CT molecular complexity index is 400. The summed E-state index contributed by atoms with van der Waals surface area (Å²) >= 11 is 0. The normalized spacial score (nSPS) is 10.1. The topological polar surface area (TPSA) is 33.0 Å². The van der Waals surface area contributed by atoms with Gasteiger partial charge in [-0.05, 0) is 6.07 Å². The Hall–Kier alpha value is -1.77. The lowest BCUT2D eigenvalue weighted by Crippen LogP contribution is -2.07. The van der Waals surface area contributed by atoms with Gasteiger partial charge in [0.1, 0.15) is 0 Å². The Labute approximate surface area is 82.7 Å². The summed E-state index contributed by atoms with van der Waals surface area (Å²) in [5.74, 6) is -3.65. The van der Waals surface area contributed by atoms with Crippen molar-refractivity contribution in [2.45, 2.75) is 13.0 Å². The molecule has 0 atom stereocenters. The second-order valence-corrected chi connectivity index (χ2v) is 2.56. The fourth-order valence-corrected chi connectivity index (χ4v) is 0.992. The summed E-state index contributed by atoms with van der Waals surface area (Å²) in [5.41, 5.74) is -0.186. The van der Waals surface area contributed by atoms with Crippen molar-refractivity contribution in [2.75, 3.05) is 0 Å². The van der Waals surface area contributed by atoms with Crippen LogP contribution in [0.15, 0.2) is 12.1 Å². The summed E-state index contributed by atoms with van der Waals surface area (Å²) in [7, 11) is 0. The molecule has 0 saturated carbocycles. The Morgan fingerprint density at radius 1 is 1.33 bits per heavy atom. The highest BCUT2D eigenvalue weighted by Crippen LogP contribution is 2.26. The minimum absolute atomic E-state index is 0.186. The number of nitrogens with zero attached hydrogens (tertiary/aromatic N) is 1. The first kappa shape index (κ1) is 11.3. The van der Waals surface area contributed by atoms with Crippen LogP contribution in [0.1, 0.15) is 5.56 Å². The largest absolute Gasteiger partial charge is 0.429 e. The molecule has 0 unspecified atom stereocenters. The van der Waals surface area contributed by atoms with E-state index in [1.807, 2.05) is 0 Å². The quantitative estimate of drug-likeness (QED) is 0.732. The molecule has 0 bridgehead atoms. The Morgan fingerprint density at radius 3 is 2.53 bits per heavy atom. The van der Waals surface area contributed by atoms with Gasteiger partial charge in [0.25, 0.3) is 0 Å². The third-order valence-electron chi connectivity index (χ3n) is 1.61. The first-order valence-electron chi connectivity index (χ1n) is 3.85. The van der Waals surface area contributed by atoms with Crippen molar-refractivity contribution in [1.29, 1.82) is 5.26 Å². The van der Waals surface area contributed by atoms with Crippen LogP contribution in [0.5, 0.6) is 5.75 Å². The molecule has 1 aromatic carbocycles. The summed E-state index contributed by atoms with van der Waals surface area (Å²) in [4.78, 5) is 0. The third-order valence-corrected chi connectivity index (χ3v) is 1.61. The van der Waals surface area contributed by atoms with E-state index in [1.165, 1.54) is 0 Å². The van der Waals surface area contributed by atoms with Crippen molar-refractivity contribution >= 4 is 0 Å². The molecule has 0 aliphatic carbocycles. The molecule has 2 nitrogen and oxygen atoms in total. The van der Waals surface area contributed by atoms with Gasteiger partial charge in [-0.15, -0.1) is 0 Å². The molecule has 0 spiro atoms. The average Bonchev–Trinajstić information content (AvgIpc) is 2.17. The molecule has 80 valence electrons. The van der Waals surface area contributed by atoms with Gasteiger partial charge >= 0.3 is 6.61 Å². The number of ether oxygens (including phenoxy) is 1. The fourth-order valence-electron chi connectivity index (χ4n) is 0.992. The molecule has 0 saturated heterocycles. The highest BCUT2D eigenvalue weighted by atomic mass is 19.3. The predicted molar refractivity (Wildman–Crippen MR) is 42.3 cm³/mol. The van der Waals surface area contributed by atoms with Crippen LogP contribution in [0, 0.1) is 23.0 Å². The minimum Gasteiger partial charge on any atom is -0.429 e. The molecule has 15 heavy (non-hydrogen) atoms. The lowest BCUT2D eigenvalue weighted by atomic mass is 10.1. The van der Waals surface area contributed by atoms with Gasteiger partial charge in [0, 0.05) is 5.56 Å². The van der Waals surface area contributed by atoms with Crippen LogP contribution < -0.4 is 4.74 Å². The van der Waals surface area contributed by atoms with Crippen molar-refractivity contribution in [1.82, 2.24) is 0 Å². The van der Waals surface area contributed by atoms with E-state index in [9.17, 15) is 17.6 Å². The van der Waals surface area contributed by atoms with Gasteiger partial charge in [-0.25, -0.2) is 8.78 Å². The van der Waals surface area contributed by atoms with E-state index >= 15 is 0 Å². The van der Waals surface area contributed by atoms with E-state index < -0.39 is 24.0 Å². The number of halogens is 4. The Kier molecular flexibility index (Phi) is 3.50. The van der Waals surface area contributed by atoms with E-state index in [0.717, 1.165) is 12.1 Å². The maximum atomic E-state index is 13.2. The zero-order chi connectivity index (χ0) is 11.4. The van der Waals surface area contributed by atoms with Crippen molar-refractivity contribution in [3.8, 4) is 11.8 Å². The molecule has 0 aliphatic heterocycles. The lowest BCUT2D eigenvalue weighted by molar-refractivity contribution is -0.0547. The van der Waals surface area contributed by atoms with Crippen LogP contribution in [-0.4, -0.2) is 6.61 Å². The van der Waals surface area contributed by atoms with Gasteiger partial charge in [0.2, 0.25) is 0 Å².